The molecule has 0 aliphatic rings. The lowest BCUT2D eigenvalue weighted by Gasteiger charge is -2.18. The van der Waals surface area contributed by atoms with Crippen molar-refractivity contribution in [3.8, 4) is 0 Å². The summed E-state index contributed by atoms with van der Waals surface area (Å²) in [5.41, 5.74) is 1.88. The number of rotatable bonds is 8. The van der Waals surface area contributed by atoms with Crippen LogP contribution >= 0.6 is 0 Å². The molecule has 31 heavy (non-hydrogen) atoms. The molecule has 1 heterocycles. The summed E-state index contributed by atoms with van der Waals surface area (Å²) < 4.78 is 27.9. The number of benzene rings is 2. The van der Waals surface area contributed by atoms with Gasteiger partial charge in [0.15, 0.2) is 0 Å². The highest BCUT2D eigenvalue weighted by atomic mass is 32.2. The number of para-hydroxylation sites is 1. The van der Waals surface area contributed by atoms with Crippen LogP contribution in [0.4, 0.5) is 5.69 Å². The van der Waals surface area contributed by atoms with Crippen LogP contribution in [0.1, 0.15) is 25.8 Å². The van der Waals surface area contributed by atoms with E-state index in [2.05, 4.69) is 10.3 Å². The van der Waals surface area contributed by atoms with Gasteiger partial charge in [-0.05, 0) is 42.8 Å². The number of carbonyl (C=O) groups excluding carboxylic acids is 1. The summed E-state index contributed by atoms with van der Waals surface area (Å²) in [4.78, 5) is 29.5. The fourth-order valence-corrected chi connectivity index (χ4v) is 4.82. The van der Waals surface area contributed by atoms with E-state index in [0.29, 0.717) is 29.7 Å². The number of aryl methyl sites for hydroxylation is 2. The van der Waals surface area contributed by atoms with Gasteiger partial charge in [0.05, 0.1) is 22.1 Å². The SMILES string of the molecule is CCN(CC)S(=O)(=O)c1ccc(NC(=O)CCn2cnc3c(C)cccc3c2=O)cc1. The van der Waals surface area contributed by atoms with E-state index < -0.39 is 10.0 Å². The van der Waals surface area contributed by atoms with E-state index in [1.807, 2.05) is 19.1 Å². The van der Waals surface area contributed by atoms with Crippen LogP contribution in [0.25, 0.3) is 10.9 Å². The van der Waals surface area contributed by atoms with Gasteiger partial charge < -0.3 is 5.32 Å². The van der Waals surface area contributed by atoms with Crippen molar-refractivity contribution in [2.75, 3.05) is 18.4 Å². The van der Waals surface area contributed by atoms with Crippen molar-refractivity contribution in [1.82, 2.24) is 13.9 Å². The molecule has 0 unspecified atom stereocenters. The van der Waals surface area contributed by atoms with Crippen LogP contribution in [-0.4, -0.2) is 41.3 Å². The van der Waals surface area contributed by atoms with Crippen LogP contribution in [0.15, 0.2) is 58.5 Å². The molecule has 0 aliphatic carbocycles. The number of carbonyl (C=O) groups is 1. The van der Waals surface area contributed by atoms with Gasteiger partial charge in [0.1, 0.15) is 0 Å². The fourth-order valence-electron chi connectivity index (χ4n) is 3.37. The van der Waals surface area contributed by atoms with Crippen molar-refractivity contribution in [3.63, 3.8) is 0 Å². The Bertz CT molecular complexity index is 1250. The summed E-state index contributed by atoms with van der Waals surface area (Å²) in [6, 6.07) is 11.5. The molecule has 0 atom stereocenters. The number of aromatic nitrogens is 2. The van der Waals surface area contributed by atoms with Crippen molar-refractivity contribution in [2.24, 2.45) is 0 Å². The first-order valence-corrected chi connectivity index (χ1v) is 11.6. The molecule has 9 heteroatoms. The summed E-state index contributed by atoms with van der Waals surface area (Å²) in [5.74, 6) is -0.282. The summed E-state index contributed by atoms with van der Waals surface area (Å²) in [6.45, 7) is 6.43. The minimum atomic E-state index is -3.54. The molecule has 1 amide bonds. The van der Waals surface area contributed by atoms with Gasteiger partial charge in [-0.3, -0.25) is 14.2 Å². The van der Waals surface area contributed by atoms with E-state index in [4.69, 9.17) is 0 Å². The Hall–Kier alpha value is -3.04. The first-order chi connectivity index (χ1) is 14.8. The van der Waals surface area contributed by atoms with E-state index in [1.165, 1.54) is 27.3 Å². The lowest BCUT2D eigenvalue weighted by molar-refractivity contribution is -0.116. The molecule has 2 aromatic carbocycles. The van der Waals surface area contributed by atoms with Crippen molar-refractivity contribution >= 4 is 32.5 Å². The number of amides is 1. The van der Waals surface area contributed by atoms with Gasteiger partial charge in [0, 0.05) is 31.7 Å². The Morgan fingerprint density at radius 1 is 1.10 bits per heavy atom. The predicted octanol–water partition coefficient (Wildman–Crippen LogP) is 2.76. The van der Waals surface area contributed by atoms with Gasteiger partial charge >= 0.3 is 0 Å². The molecule has 8 nitrogen and oxygen atoms in total. The monoisotopic (exact) mass is 442 g/mol. The highest BCUT2D eigenvalue weighted by Crippen LogP contribution is 2.18. The maximum Gasteiger partial charge on any atom is 0.261 e. The largest absolute Gasteiger partial charge is 0.326 e. The highest BCUT2D eigenvalue weighted by molar-refractivity contribution is 7.89. The number of hydrogen-bond donors (Lipinski definition) is 1. The average Bonchev–Trinajstić information content (AvgIpc) is 2.75. The van der Waals surface area contributed by atoms with Crippen LogP contribution in [0.5, 0.6) is 0 Å². The Balaban J connectivity index is 1.66. The first kappa shape index (κ1) is 22.6. The average molecular weight is 443 g/mol. The zero-order valence-corrected chi connectivity index (χ0v) is 18.6. The topological polar surface area (TPSA) is 101 Å². The van der Waals surface area contributed by atoms with E-state index >= 15 is 0 Å². The minimum Gasteiger partial charge on any atom is -0.326 e. The van der Waals surface area contributed by atoms with E-state index in [-0.39, 0.29) is 29.3 Å². The number of anilines is 1. The minimum absolute atomic E-state index is 0.0818. The van der Waals surface area contributed by atoms with Gasteiger partial charge in [-0.1, -0.05) is 26.0 Å². The lowest BCUT2D eigenvalue weighted by Crippen LogP contribution is -2.30. The summed E-state index contributed by atoms with van der Waals surface area (Å²) in [5, 5.41) is 3.25. The van der Waals surface area contributed by atoms with Gasteiger partial charge in [-0.2, -0.15) is 4.31 Å². The fraction of sp³-hybridized carbons (Fsp3) is 0.318. The molecular weight excluding hydrogens is 416 g/mol. The molecule has 1 aromatic heterocycles. The van der Waals surface area contributed by atoms with Crippen molar-refractivity contribution in [1.29, 1.82) is 0 Å². The van der Waals surface area contributed by atoms with E-state index in [0.717, 1.165) is 5.56 Å². The maximum absolute atomic E-state index is 12.6. The van der Waals surface area contributed by atoms with Crippen LogP contribution in [0, 0.1) is 6.92 Å². The molecule has 0 saturated carbocycles. The summed E-state index contributed by atoms with van der Waals surface area (Å²) in [6.07, 6.45) is 1.54. The molecule has 0 radical (unpaired) electrons. The molecule has 0 aliphatic heterocycles. The molecule has 3 rings (SSSR count). The Labute approximate surface area is 181 Å². The van der Waals surface area contributed by atoms with Gasteiger partial charge in [0.2, 0.25) is 15.9 Å². The zero-order valence-electron chi connectivity index (χ0n) is 17.8. The molecule has 0 fully saturated rings. The molecule has 3 aromatic rings. The number of fused-ring (bicyclic) bond motifs is 1. The molecule has 0 bridgehead atoms. The van der Waals surface area contributed by atoms with E-state index in [1.54, 1.807) is 32.0 Å². The number of hydrogen-bond acceptors (Lipinski definition) is 5. The third kappa shape index (κ3) is 4.83. The van der Waals surface area contributed by atoms with Crippen LogP contribution in [0.3, 0.4) is 0 Å². The maximum atomic E-state index is 12.6. The quantitative estimate of drug-likeness (QED) is 0.578. The second-order valence-corrected chi connectivity index (χ2v) is 9.06. The predicted molar refractivity (Wildman–Crippen MR) is 121 cm³/mol. The zero-order chi connectivity index (χ0) is 22.6. The van der Waals surface area contributed by atoms with Crippen LogP contribution < -0.4 is 10.9 Å². The number of sulfonamides is 1. The lowest BCUT2D eigenvalue weighted by atomic mass is 10.1. The Morgan fingerprint density at radius 2 is 1.77 bits per heavy atom. The second-order valence-electron chi connectivity index (χ2n) is 7.13. The summed E-state index contributed by atoms with van der Waals surface area (Å²) >= 11 is 0. The van der Waals surface area contributed by atoms with Gasteiger partial charge in [0.25, 0.3) is 5.56 Å². The van der Waals surface area contributed by atoms with Crippen LogP contribution in [0.2, 0.25) is 0 Å². The smallest absolute Gasteiger partial charge is 0.261 e. The first-order valence-electron chi connectivity index (χ1n) is 10.1. The normalized spacial score (nSPS) is 11.7. The Morgan fingerprint density at radius 3 is 2.42 bits per heavy atom. The van der Waals surface area contributed by atoms with Gasteiger partial charge in [-0.25, -0.2) is 13.4 Å². The third-order valence-electron chi connectivity index (χ3n) is 5.12. The molecule has 0 saturated heterocycles. The Kier molecular flexibility index (Phi) is 6.87. The van der Waals surface area contributed by atoms with Crippen molar-refractivity contribution in [2.45, 2.75) is 38.6 Å². The molecule has 164 valence electrons. The standard InChI is InChI=1S/C22H26N4O4S/c1-4-26(5-2)31(29,30)18-11-9-17(10-12-18)24-20(27)13-14-25-15-23-21-16(3)7-6-8-19(21)22(25)28/h6-12,15H,4-5,13-14H2,1-3H3,(H,24,27). The molecular formula is C22H26N4O4S. The van der Waals surface area contributed by atoms with E-state index in [9.17, 15) is 18.0 Å². The highest BCUT2D eigenvalue weighted by Gasteiger charge is 2.21. The summed E-state index contributed by atoms with van der Waals surface area (Å²) in [7, 11) is -3.54. The second kappa shape index (κ2) is 9.40. The van der Waals surface area contributed by atoms with Crippen molar-refractivity contribution in [3.05, 3.63) is 64.7 Å². The number of nitrogens with one attached hydrogen (secondary N) is 1. The molecule has 1 N–H and O–H groups in total. The van der Waals surface area contributed by atoms with Crippen LogP contribution in [-0.2, 0) is 21.4 Å². The third-order valence-corrected chi connectivity index (χ3v) is 7.18. The molecule has 0 spiro atoms. The number of nitrogens with zero attached hydrogens (tertiary/aromatic N) is 3. The van der Waals surface area contributed by atoms with Crippen molar-refractivity contribution < 1.29 is 13.2 Å². The van der Waals surface area contributed by atoms with Gasteiger partial charge in [-0.15, -0.1) is 0 Å².